The fourth-order valence-electron chi connectivity index (χ4n) is 3.30. The van der Waals surface area contributed by atoms with Crippen molar-refractivity contribution in [3.63, 3.8) is 0 Å². The summed E-state index contributed by atoms with van der Waals surface area (Å²) in [7, 11) is 0. The van der Waals surface area contributed by atoms with Gasteiger partial charge in [0.05, 0.1) is 11.0 Å². The number of amides is 2. The monoisotopic (exact) mass is 358 g/mol. The zero-order valence-corrected chi connectivity index (χ0v) is 15.5. The zero-order valence-electron chi connectivity index (χ0n) is 15.5. The molecule has 1 aliphatic heterocycles. The number of piperidine rings is 1. The summed E-state index contributed by atoms with van der Waals surface area (Å²) in [6, 6.07) is 3.94. The topological polar surface area (TPSA) is 87.3 Å². The summed E-state index contributed by atoms with van der Waals surface area (Å²) in [6.45, 7) is 6.70. The smallest absolute Gasteiger partial charge is 0.408 e. The van der Waals surface area contributed by atoms with Crippen molar-refractivity contribution < 1.29 is 14.3 Å². The molecule has 0 radical (unpaired) electrons. The van der Waals surface area contributed by atoms with Crippen LogP contribution in [0.5, 0.6) is 0 Å². The Hall–Kier alpha value is -2.57. The minimum absolute atomic E-state index is 0.0335. The van der Waals surface area contributed by atoms with Crippen molar-refractivity contribution in [2.75, 3.05) is 19.6 Å². The lowest BCUT2D eigenvalue weighted by Crippen LogP contribution is -2.44. The second-order valence-corrected chi connectivity index (χ2v) is 7.65. The van der Waals surface area contributed by atoms with Crippen LogP contribution in [0.25, 0.3) is 11.0 Å². The molecule has 0 spiro atoms. The van der Waals surface area contributed by atoms with E-state index in [1.807, 2.05) is 18.3 Å². The van der Waals surface area contributed by atoms with Crippen LogP contribution in [-0.2, 0) is 9.53 Å². The van der Waals surface area contributed by atoms with Crippen molar-refractivity contribution in [1.82, 2.24) is 20.2 Å². The predicted octanol–water partition coefficient (Wildman–Crippen LogP) is 2.79. The number of alkyl carbamates (subject to hydrolysis) is 1. The summed E-state index contributed by atoms with van der Waals surface area (Å²) in [5.41, 5.74) is 2.71. The summed E-state index contributed by atoms with van der Waals surface area (Å²) < 4.78 is 5.15. The van der Waals surface area contributed by atoms with Gasteiger partial charge in [0.25, 0.3) is 0 Å². The lowest BCUT2D eigenvalue weighted by Gasteiger charge is -2.32. The van der Waals surface area contributed by atoms with E-state index in [9.17, 15) is 9.59 Å². The Labute approximate surface area is 153 Å². The molecule has 1 aliphatic rings. The number of H-pyrrole nitrogens is 1. The van der Waals surface area contributed by atoms with Gasteiger partial charge in [0.2, 0.25) is 5.91 Å². The van der Waals surface area contributed by atoms with Gasteiger partial charge in [0.1, 0.15) is 12.1 Å². The summed E-state index contributed by atoms with van der Waals surface area (Å²) in [6.07, 6.45) is 5.05. The highest BCUT2D eigenvalue weighted by Crippen LogP contribution is 2.32. The first-order valence-corrected chi connectivity index (χ1v) is 9.00. The highest BCUT2D eigenvalue weighted by atomic mass is 16.6. The molecule has 0 unspecified atom stereocenters. The molecule has 140 valence electrons. The molecule has 0 bridgehead atoms. The van der Waals surface area contributed by atoms with E-state index in [0.29, 0.717) is 19.0 Å². The minimum atomic E-state index is -0.571. The van der Waals surface area contributed by atoms with Crippen LogP contribution in [0.1, 0.15) is 45.1 Å². The molecule has 2 amide bonds. The van der Waals surface area contributed by atoms with Crippen molar-refractivity contribution in [3.05, 3.63) is 30.1 Å². The second-order valence-electron chi connectivity index (χ2n) is 7.65. The SMILES string of the molecule is CC(C)(C)OC(=O)NCC(=O)N1CCC(c2c[nH]c3cccnc23)CC1. The molecule has 1 fully saturated rings. The maximum atomic E-state index is 12.3. The second kappa shape index (κ2) is 7.35. The Morgan fingerprint density at radius 3 is 2.77 bits per heavy atom. The van der Waals surface area contributed by atoms with E-state index in [1.54, 1.807) is 31.9 Å². The van der Waals surface area contributed by atoms with E-state index in [4.69, 9.17) is 4.74 Å². The molecule has 7 nitrogen and oxygen atoms in total. The molecule has 3 heterocycles. The fraction of sp³-hybridized carbons (Fsp3) is 0.526. The number of hydrogen-bond donors (Lipinski definition) is 2. The van der Waals surface area contributed by atoms with Crippen LogP contribution in [0.2, 0.25) is 0 Å². The molecule has 0 aromatic carbocycles. The number of carbonyl (C=O) groups is 2. The van der Waals surface area contributed by atoms with Crippen LogP contribution in [0.4, 0.5) is 4.79 Å². The Balaban J connectivity index is 1.50. The number of aromatic nitrogens is 2. The quantitative estimate of drug-likeness (QED) is 0.883. The molecule has 7 heteroatoms. The number of aromatic amines is 1. The van der Waals surface area contributed by atoms with Crippen LogP contribution >= 0.6 is 0 Å². The van der Waals surface area contributed by atoms with Crippen LogP contribution in [0.3, 0.4) is 0 Å². The van der Waals surface area contributed by atoms with E-state index in [0.717, 1.165) is 23.9 Å². The van der Waals surface area contributed by atoms with Gasteiger partial charge in [-0.1, -0.05) is 0 Å². The maximum absolute atomic E-state index is 12.3. The van der Waals surface area contributed by atoms with Gasteiger partial charge >= 0.3 is 6.09 Å². The Morgan fingerprint density at radius 2 is 2.08 bits per heavy atom. The Bertz CT molecular complexity index is 785. The summed E-state index contributed by atoms with van der Waals surface area (Å²) >= 11 is 0. The van der Waals surface area contributed by atoms with Gasteiger partial charge in [-0.2, -0.15) is 0 Å². The Kier molecular flexibility index (Phi) is 5.15. The summed E-state index contributed by atoms with van der Waals surface area (Å²) in [5, 5.41) is 2.53. The number of fused-ring (bicyclic) bond motifs is 1. The van der Waals surface area contributed by atoms with E-state index in [2.05, 4.69) is 15.3 Å². The molecule has 1 saturated heterocycles. The number of nitrogens with zero attached hydrogens (tertiary/aromatic N) is 2. The third kappa shape index (κ3) is 4.33. The van der Waals surface area contributed by atoms with Crippen molar-refractivity contribution in [3.8, 4) is 0 Å². The Morgan fingerprint density at radius 1 is 1.35 bits per heavy atom. The highest BCUT2D eigenvalue weighted by molar-refractivity contribution is 5.82. The fourth-order valence-corrected chi connectivity index (χ4v) is 3.30. The van der Waals surface area contributed by atoms with Crippen LogP contribution in [-0.4, -0.2) is 52.1 Å². The molecule has 0 saturated carbocycles. The van der Waals surface area contributed by atoms with E-state index in [1.165, 1.54) is 5.56 Å². The van der Waals surface area contributed by atoms with E-state index >= 15 is 0 Å². The average Bonchev–Trinajstić information content (AvgIpc) is 3.02. The van der Waals surface area contributed by atoms with Crippen molar-refractivity contribution in [1.29, 1.82) is 0 Å². The molecular weight excluding hydrogens is 332 g/mol. The molecule has 2 aromatic rings. The molecule has 0 aliphatic carbocycles. The standard InChI is InChI=1S/C19H26N4O3/c1-19(2,3)26-18(25)22-12-16(24)23-9-6-13(7-10-23)14-11-21-15-5-4-8-20-17(14)15/h4-5,8,11,13,21H,6-7,9-10,12H2,1-3H3,(H,22,25). The number of pyridine rings is 1. The summed E-state index contributed by atoms with van der Waals surface area (Å²) in [5.74, 6) is 0.313. The van der Waals surface area contributed by atoms with Gasteiger partial charge < -0.3 is 19.9 Å². The first kappa shape index (κ1) is 18.2. The normalized spacial score (nSPS) is 15.9. The minimum Gasteiger partial charge on any atom is -0.444 e. The first-order valence-electron chi connectivity index (χ1n) is 9.00. The van der Waals surface area contributed by atoms with Gasteiger partial charge in [-0.3, -0.25) is 9.78 Å². The van der Waals surface area contributed by atoms with Crippen LogP contribution < -0.4 is 5.32 Å². The lowest BCUT2D eigenvalue weighted by atomic mass is 9.90. The number of ether oxygens (including phenoxy) is 1. The zero-order chi connectivity index (χ0) is 18.7. The van der Waals surface area contributed by atoms with Crippen molar-refractivity contribution in [2.45, 2.75) is 45.1 Å². The van der Waals surface area contributed by atoms with Crippen molar-refractivity contribution >= 4 is 23.0 Å². The average molecular weight is 358 g/mol. The summed E-state index contributed by atoms with van der Waals surface area (Å²) in [4.78, 5) is 33.5. The first-order chi connectivity index (χ1) is 12.3. The number of likely N-dealkylation sites (tertiary alicyclic amines) is 1. The maximum Gasteiger partial charge on any atom is 0.408 e. The molecule has 0 atom stereocenters. The lowest BCUT2D eigenvalue weighted by molar-refractivity contribution is -0.131. The predicted molar refractivity (Wildman–Crippen MR) is 98.9 cm³/mol. The number of hydrogen-bond acceptors (Lipinski definition) is 4. The van der Waals surface area contributed by atoms with Gasteiger partial charge in [-0.25, -0.2) is 4.79 Å². The molecule has 2 aromatic heterocycles. The highest BCUT2D eigenvalue weighted by Gasteiger charge is 2.26. The van der Waals surface area contributed by atoms with Gasteiger partial charge in [0, 0.05) is 25.5 Å². The van der Waals surface area contributed by atoms with E-state index in [-0.39, 0.29) is 12.5 Å². The van der Waals surface area contributed by atoms with Crippen LogP contribution in [0.15, 0.2) is 24.5 Å². The van der Waals surface area contributed by atoms with Crippen molar-refractivity contribution in [2.24, 2.45) is 0 Å². The van der Waals surface area contributed by atoms with Gasteiger partial charge in [0.15, 0.2) is 0 Å². The third-order valence-electron chi connectivity index (χ3n) is 4.53. The number of carbonyl (C=O) groups excluding carboxylic acids is 2. The molecule has 26 heavy (non-hydrogen) atoms. The third-order valence-corrected chi connectivity index (χ3v) is 4.53. The molecular formula is C19H26N4O3. The number of rotatable bonds is 3. The van der Waals surface area contributed by atoms with Gasteiger partial charge in [-0.15, -0.1) is 0 Å². The number of nitrogens with one attached hydrogen (secondary N) is 2. The van der Waals surface area contributed by atoms with Gasteiger partial charge in [-0.05, 0) is 57.2 Å². The van der Waals surface area contributed by atoms with Crippen LogP contribution in [0, 0.1) is 0 Å². The molecule has 3 rings (SSSR count). The largest absolute Gasteiger partial charge is 0.444 e. The van der Waals surface area contributed by atoms with E-state index < -0.39 is 11.7 Å². The molecule has 2 N–H and O–H groups in total.